The van der Waals surface area contributed by atoms with E-state index in [4.69, 9.17) is 0 Å². The van der Waals surface area contributed by atoms with E-state index in [9.17, 15) is 4.79 Å². The SMILES string of the molecule is O=Cc1cc(S)c(Br)c2ccsc12. The molecule has 2 rings (SSSR count). The van der Waals surface area contributed by atoms with Crippen LogP contribution in [0.3, 0.4) is 0 Å². The maximum Gasteiger partial charge on any atom is 0.151 e. The van der Waals surface area contributed by atoms with Gasteiger partial charge in [-0.05, 0) is 33.4 Å². The van der Waals surface area contributed by atoms with E-state index in [0.29, 0.717) is 5.56 Å². The van der Waals surface area contributed by atoms with Crippen LogP contribution in [0.4, 0.5) is 0 Å². The lowest BCUT2D eigenvalue weighted by Crippen LogP contribution is -1.82. The molecule has 0 saturated heterocycles. The first-order chi connectivity index (χ1) is 6.24. The number of fused-ring (bicyclic) bond motifs is 1. The van der Waals surface area contributed by atoms with Crippen LogP contribution in [0.15, 0.2) is 26.9 Å². The summed E-state index contributed by atoms with van der Waals surface area (Å²) in [7, 11) is 0. The summed E-state index contributed by atoms with van der Waals surface area (Å²) in [6.07, 6.45) is 0.866. The van der Waals surface area contributed by atoms with E-state index >= 15 is 0 Å². The van der Waals surface area contributed by atoms with E-state index in [1.165, 1.54) is 0 Å². The van der Waals surface area contributed by atoms with E-state index in [2.05, 4.69) is 28.6 Å². The van der Waals surface area contributed by atoms with Gasteiger partial charge in [0.15, 0.2) is 6.29 Å². The van der Waals surface area contributed by atoms with Gasteiger partial charge in [0.05, 0.1) is 0 Å². The number of aldehydes is 1. The maximum absolute atomic E-state index is 10.7. The Hall–Kier alpha value is -0.320. The van der Waals surface area contributed by atoms with E-state index in [0.717, 1.165) is 25.7 Å². The predicted molar refractivity (Wildman–Crippen MR) is 62.2 cm³/mol. The van der Waals surface area contributed by atoms with Crippen molar-refractivity contribution in [2.24, 2.45) is 0 Å². The molecule has 0 bridgehead atoms. The molecule has 0 N–H and O–H groups in total. The number of hydrogen-bond donors (Lipinski definition) is 1. The summed E-state index contributed by atoms with van der Waals surface area (Å²) in [5.74, 6) is 0. The fourth-order valence-electron chi connectivity index (χ4n) is 1.21. The first-order valence-electron chi connectivity index (χ1n) is 3.58. The van der Waals surface area contributed by atoms with Crippen molar-refractivity contribution in [3.05, 3.63) is 27.5 Å². The van der Waals surface area contributed by atoms with E-state index in [1.54, 1.807) is 17.4 Å². The van der Waals surface area contributed by atoms with Gasteiger partial charge in [-0.2, -0.15) is 0 Å². The Morgan fingerprint density at radius 2 is 2.31 bits per heavy atom. The van der Waals surface area contributed by atoms with Crippen LogP contribution in [0.1, 0.15) is 10.4 Å². The van der Waals surface area contributed by atoms with Crippen molar-refractivity contribution in [3.8, 4) is 0 Å². The summed E-state index contributed by atoms with van der Waals surface area (Å²) in [6.45, 7) is 0. The molecule has 0 aliphatic carbocycles. The number of benzene rings is 1. The molecule has 66 valence electrons. The van der Waals surface area contributed by atoms with Crippen LogP contribution in [-0.4, -0.2) is 6.29 Å². The fourth-order valence-corrected chi connectivity index (χ4v) is 2.92. The third kappa shape index (κ3) is 1.43. The van der Waals surface area contributed by atoms with Gasteiger partial charge in [-0.15, -0.1) is 24.0 Å². The van der Waals surface area contributed by atoms with Gasteiger partial charge < -0.3 is 0 Å². The predicted octanol–water partition coefficient (Wildman–Crippen LogP) is 3.77. The van der Waals surface area contributed by atoms with Crippen LogP contribution >= 0.6 is 39.9 Å². The highest BCUT2D eigenvalue weighted by atomic mass is 79.9. The maximum atomic E-state index is 10.7. The van der Waals surface area contributed by atoms with Crippen LogP contribution in [0.5, 0.6) is 0 Å². The average molecular weight is 273 g/mol. The quantitative estimate of drug-likeness (QED) is 0.618. The minimum atomic E-state index is 0.707. The molecular weight excluding hydrogens is 268 g/mol. The van der Waals surface area contributed by atoms with Crippen LogP contribution in [0.2, 0.25) is 0 Å². The first kappa shape index (κ1) is 9.24. The van der Waals surface area contributed by atoms with Gasteiger partial charge in [-0.3, -0.25) is 4.79 Å². The van der Waals surface area contributed by atoms with Crippen LogP contribution in [-0.2, 0) is 0 Å². The number of rotatable bonds is 1. The molecule has 1 heterocycles. The molecule has 4 heteroatoms. The van der Waals surface area contributed by atoms with E-state index in [1.807, 2.05) is 11.4 Å². The molecule has 0 spiro atoms. The van der Waals surface area contributed by atoms with Crippen molar-refractivity contribution in [1.82, 2.24) is 0 Å². The zero-order chi connectivity index (χ0) is 9.42. The lowest BCUT2D eigenvalue weighted by atomic mass is 10.2. The Bertz CT molecular complexity index is 476. The van der Waals surface area contributed by atoms with Crippen LogP contribution in [0, 0.1) is 0 Å². The molecule has 0 fully saturated rings. The third-order valence-electron chi connectivity index (χ3n) is 1.81. The molecule has 1 nitrogen and oxygen atoms in total. The minimum absolute atomic E-state index is 0.707. The van der Waals surface area contributed by atoms with Crippen molar-refractivity contribution in [2.45, 2.75) is 4.90 Å². The smallest absolute Gasteiger partial charge is 0.151 e. The molecule has 13 heavy (non-hydrogen) atoms. The molecule has 0 aliphatic rings. The Labute approximate surface area is 93.3 Å². The number of halogens is 1. The van der Waals surface area contributed by atoms with Gasteiger partial charge in [0, 0.05) is 25.0 Å². The highest BCUT2D eigenvalue weighted by Gasteiger charge is 2.08. The fraction of sp³-hybridized carbons (Fsp3) is 0. The summed E-state index contributed by atoms with van der Waals surface area (Å²) < 4.78 is 1.97. The average Bonchev–Trinajstić information content (AvgIpc) is 2.60. The minimum Gasteiger partial charge on any atom is -0.298 e. The second kappa shape index (κ2) is 3.44. The number of hydrogen-bond acceptors (Lipinski definition) is 3. The third-order valence-corrected chi connectivity index (χ3v) is 4.28. The van der Waals surface area contributed by atoms with Gasteiger partial charge in [-0.1, -0.05) is 0 Å². The molecule has 1 aromatic heterocycles. The summed E-state index contributed by atoms with van der Waals surface area (Å²) >= 11 is 9.28. The molecule has 0 saturated carbocycles. The second-order valence-electron chi connectivity index (χ2n) is 2.58. The summed E-state index contributed by atoms with van der Waals surface area (Å²) in [6, 6.07) is 3.76. The largest absolute Gasteiger partial charge is 0.298 e. The van der Waals surface area contributed by atoms with E-state index < -0.39 is 0 Å². The van der Waals surface area contributed by atoms with Gasteiger partial charge in [0.2, 0.25) is 0 Å². The van der Waals surface area contributed by atoms with Gasteiger partial charge >= 0.3 is 0 Å². The van der Waals surface area contributed by atoms with Crippen molar-refractivity contribution >= 4 is 56.3 Å². The molecule has 0 unspecified atom stereocenters. The number of thiol groups is 1. The van der Waals surface area contributed by atoms with Gasteiger partial charge in [0.25, 0.3) is 0 Å². The zero-order valence-electron chi connectivity index (χ0n) is 6.45. The molecule has 0 radical (unpaired) electrons. The van der Waals surface area contributed by atoms with Gasteiger partial charge in [0.1, 0.15) is 0 Å². The molecule has 2 aromatic rings. The van der Waals surface area contributed by atoms with Crippen LogP contribution in [0.25, 0.3) is 10.1 Å². The molecule has 0 atom stereocenters. The number of carbonyl (C=O) groups excluding carboxylic acids is 1. The van der Waals surface area contributed by atoms with E-state index in [-0.39, 0.29) is 0 Å². The van der Waals surface area contributed by atoms with Crippen molar-refractivity contribution in [3.63, 3.8) is 0 Å². The van der Waals surface area contributed by atoms with Crippen molar-refractivity contribution in [2.75, 3.05) is 0 Å². The summed E-state index contributed by atoms with van der Waals surface area (Å²) in [5.41, 5.74) is 0.707. The molecule has 0 aliphatic heterocycles. The normalized spacial score (nSPS) is 10.6. The molecular formula is C9H5BrOS2. The monoisotopic (exact) mass is 272 g/mol. The standard InChI is InChI=1S/C9H5BrOS2/c10-8-6-1-2-13-9(6)5(4-11)3-7(8)12/h1-4,12H. The topological polar surface area (TPSA) is 17.1 Å². The lowest BCUT2D eigenvalue weighted by Gasteiger charge is -2.01. The Balaban J connectivity index is 2.95. The first-order valence-corrected chi connectivity index (χ1v) is 5.70. The highest BCUT2D eigenvalue weighted by Crippen LogP contribution is 2.35. The summed E-state index contributed by atoms with van der Waals surface area (Å²) in [5, 5.41) is 3.02. The number of carbonyl (C=O) groups is 1. The molecule has 1 aromatic carbocycles. The lowest BCUT2D eigenvalue weighted by molar-refractivity contribution is 0.112. The second-order valence-corrected chi connectivity index (χ2v) is 4.77. The molecule has 0 amide bonds. The number of thiophene rings is 1. The Morgan fingerprint density at radius 1 is 1.54 bits per heavy atom. The Morgan fingerprint density at radius 3 is 3.00 bits per heavy atom. The highest BCUT2D eigenvalue weighted by molar-refractivity contribution is 9.10. The zero-order valence-corrected chi connectivity index (χ0v) is 9.75. The van der Waals surface area contributed by atoms with Gasteiger partial charge in [-0.25, -0.2) is 0 Å². The van der Waals surface area contributed by atoms with Crippen LogP contribution < -0.4 is 0 Å². The summed E-state index contributed by atoms with van der Waals surface area (Å²) in [4.78, 5) is 11.5. The van der Waals surface area contributed by atoms with Crippen molar-refractivity contribution < 1.29 is 4.79 Å². The Kier molecular flexibility index (Phi) is 2.45. The van der Waals surface area contributed by atoms with Crippen molar-refractivity contribution in [1.29, 1.82) is 0 Å².